The van der Waals surface area contributed by atoms with E-state index in [-0.39, 0.29) is 12.2 Å². The zero-order chi connectivity index (χ0) is 10.8. The van der Waals surface area contributed by atoms with E-state index in [1.54, 1.807) is 17.7 Å². The van der Waals surface area contributed by atoms with Gasteiger partial charge in [-0.3, -0.25) is 4.79 Å². The number of hydrogen-bond acceptors (Lipinski definition) is 2. The molecule has 0 fully saturated rings. The Kier molecular flexibility index (Phi) is 2.56. The van der Waals surface area contributed by atoms with Crippen molar-refractivity contribution in [2.24, 2.45) is 7.05 Å². The molecule has 0 aliphatic carbocycles. The van der Waals surface area contributed by atoms with Gasteiger partial charge in [-0.15, -0.1) is 0 Å². The third kappa shape index (κ3) is 1.78. The Morgan fingerprint density at radius 3 is 2.80 bits per heavy atom. The van der Waals surface area contributed by atoms with Gasteiger partial charge in [-0.1, -0.05) is 6.07 Å². The number of fused-ring (bicyclic) bond motifs is 1. The van der Waals surface area contributed by atoms with E-state index >= 15 is 0 Å². The molecule has 0 radical (unpaired) electrons. The zero-order valence-electron chi connectivity index (χ0n) is 8.60. The number of aryl methyl sites for hydroxylation is 1. The number of nitrogens with zero attached hydrogens (tertiary/aromatic N) is 1. The Hall–Kier alpha value is -1.61. The summed E-state index contributed by atoms with van der Waals surface area (Å²) >= 11 is 0. The lowest BCUT2D eigenvalue weighted by Crippen LogP contribution is -2.14. The molecule has 3 heteroatoms. The minimum Gasteiger partial charge on any atom is -0.396 e. The Labute approximate surface area is 87.6 Å². The predicted molar refractivity (Wildman–Crippen MR) is 60.0 cm³/mol. The third-order valence-electron chi connectivity index (χ3n) is 2.59. The van der Waals surface area contributed by atoms with Crippen LogP contribution in [0.3, 0.4) is 0 Å². The second-order valence-electron chi connectivity index (χ2n) is 3.60. The van der Waals surface area contributed by atoms with E-state index in [1.807, 2.05) is 24.3 Å². The minimum absolute atomic E-state index is 0.00240. The standard InChI is InChI=1S/C12H13NO2/c1-13-11-4-2-9(6-7-14)8-10(11)3-5-12(13)15/h2-5,8,14H,6-7H2,1H3. The SMILES string of the molecule is Cn1c(=O)ccc2cc(CCO)ccc21. The van der Waals surface area contributed by atoms with Crippen LogP contribution >= 0.6 is 0 Å². The van der Waals surface area contributed by atoms with Gasteiger partial charge in [-0.2, -0.15) is 0 Å². The van der Waals surface area contributed by atoms with E-state index in [1.165, 1.54) is 0 Å². The summed E-state index contributed by atoms with van der Waals surface area (Å²) in [7, 11) is 1.76. The molecule has 1 aromatic heterocycles. The molecule has 0 saturated heterocycles. The van der Waals surface area contributed by atoms with Crippen molar-refractivity contribution in [1.82, 2.24) is 4.57 Å². The molecule has 0 bridgehead atoms. The number of pyridine rings is 1. The lowest BCUT2D eigenvalue weighted by molar-refractivity contribution is 0.299. The molecule has 0 aliphatic heterocycles. The van der Waals surface area contributed by atoms with Crippen LogP contribution in [0.25, 0.3) is 10.9 Å². The molecule has 78 valence electrons. The van der Waals surface area contributed by atoms with Crippen LogP contribution in [-0.4, -0.2) is 16.3 Å². The quantitative estimate of drug-likeness (QED) is 0.793. The van der Waals surface area contributed by atoms with Crippen molar-refractivity contribution < 1.29 is 5.11 Å². The molecule has 0 saturated carbocycles. The lowest BCUT2D eigenvalue weighted by atomic mass is 10.1. The monoisotopic (exact) mass is 203 g/mol. The summed E-state index contributed by atoms with van der Waals surface area (Å²) in [6.07, 6.45) is 0.652. The fourth-order valence-corrected chi connectivity index (χ4v) is 1.72. The number of aliphatic hydroxyl groups excluding tert-OH is 1. The van der Waals surface area contributed by atoms with Gasteiger partial charge in [0.05, 0.1) is 5.52 Å². The molecule has 2 aromatic rings. The van der Waals surface area contributed by atoms with Gasteiger partial charge in [0.1, 0.15) is 0 Å². The highest BCUT2D eigenvalue weighted by Gasteiger charge is 2.00. The van der Waals surface area contributed by atoms with Crippen molar-refractivity contribution in [3.8, 4) is 0 Å². The van der Waals surface area contributed by atoms with E-state index in [4.69, 9.17) is 5.11 Å². The summed E-state index contributed by atoms with van der Waals surface area (Å²) < 4.78 is 1.62. The van der Waals surface area contributed by atoms with Crippen molar-refractivity contribution in [1.29, 1.82) is 0 Å². The fraction of sp³-hybridized carbons (Fsp3) is 0.250. The average Bonchev–Trinajstić information content (AvgIpc) is 2.24. The average molecular weight is 203 g/mol. The van der Waals surface area contributed by atoms with E-state index in [0.29, 0.717) is 6.42 Å². The van der Waals surface area contributed by atoms with Crippen molar-refractivity contribution >= 4 is 10.9 Å². The van der Waals surface area contributed by atoms with Crippen LogP contribution < -0.4 is 5.56 Å². The summed E-state index contributed by atoms with van der Waals surface area (Å²) in [5.41, 5.74) is 2.00. The number of rotatable bonds is 2. The Bertz CT molecular complexity index is 543. The van der Waals surface area contributed by atoms with Crippen LogP contribution in [-0.2, 0) is 13.5 Å². The highest BCUT2D eigenvalue weighted by molar-refractivity contribution is 5.79. The highest BCUT2D eigenvalue weighted by atomic mass is 16.2. The lowest BCUT2D eigenvalue weighted by Gasteiger charge is -2.05. The van der Waals surface area contributed by atoms with Crippen molar-refractivity contribution in [3.63, 3.8) is 0 Å². The van der Waals surface area contributed by atoms with Gasteiger partial charge in [-0.25, -0.2) is 0 Å². The summed E-state index contributed by atoms with van der Waals surface area (Å²) in [6, 6.07) is 9.24. The van der Waals surface area contributed by atoms with Gasteiger partial charge < -0.3 is 9.67 Å². The molecule has 0 atom stereocenters. The molecular formula is C12H13NO2. The first kappa shape index (κ1) is 9.93. The zero-order valence-corrected chi connectivity index (χ0v) is 8.60. The van der Waals surface area contributed by atoms with Crippen LogP contribution in [0, 0.1) is 0 Å². The van der Waals surface area contributed by atoms with Gasteiger partial charge >= 0.3 is 0 Å². The summed E-state index contributed by atoms with van der Waals surface area (Å²) in [5, 5.41) is 9.87. The Balaban J connectivity index is 2.64. The van der Waals surface area contributed by atoms with Crippen molar-refractivity contribution in [2.45, 2.75) is 6.42 Å². The van der Waals surface area contributed by atoms with E-state index < -0.39 is 0 Å². The summed E-state index contributed by atoms with van der Waals surface area (Å²) in [5.74, 6) is 0. The number of benzene rings is 1. The molecular weight excluding hydrogens is 190 g/mol. The molecule has 1 aromatic carbocycles. The molecule has 0 amide bonds. The van der Waals surface area contributed by atoms with Gasteiger partial charge in [0, 0.05) is 19.7 Å². The first-order chi connectivity index (χ1) is 7.22. The maximum atomic E-state index is 11.4. The van der Waals surface area contributed by atoms with Gasteiger partial charge in [0.2, 0.25) is 0 Å². The van der Waals surface area contributed by atoms with Gasteiger partial charge in [0.25, 0.3) is 5.56 Å². The maximum Gasteiger partial charge on any atom is 0.250 e. The topological polar surface area (TPSA) is 42.2 Å². The number of aromatic nitrogens is 1. The number of aliphatic hydroxyl groups is 1. The molecule has 1 N–H and O–H groups in total. The predicted octanol–water partition coefficient (Wildman–Crippen LogP) is 1.07. The molecule has 15 heavy (non-hydrogen) atoms. The number of hydrogen-bond donors (Lipinski definition) is 1. The minimum atomic E-state index is -0.00240. The van der Waals surface area contributed by atoms with Gasteiger partial charge in [-0.05, 0) is 35.6 Å². The van der Waals surface area contributed by atoms with Crippen LogP contribution in [0.15, 0.2) is 35.1 Å². The Morgan fingerprint density at radius 1 is 1.27 bits per heavy atom. The van der Waals surface area contributed by atoms with Crippen LogP contribution in [0.1, 0.15) is 5.56 Å². The van der Waals surface area contributed by atoms with E-state index in [9.17, 15) is 4.79 Å². The molecule has 0 unspecified atom stereocenters. The molecule has 0 aliphatic rings. The largest absolute Gasteiger partial charge is 0.396 e. The Morgan fingerprint density at radius 2 is 2.07 bits per heavy atom. The summed E-state index contributed by atoms with van der Waals surface area (Å²) in [6.45, 7) is 0.150. The molecule has 2 rings (SSSR count). The van der Waals surface area contributed by atoms with Gasteiger partial charge in [0.15, 0.2) is 0 Å². The fourth-order valence-electron chi connectivity index (χ4n) is 1.72. The second-order valence-corrected chi connectivity index (χ2v) is 3.60. The van der Waals surface area contributed by atoms with Crippen molar-refractivity contribution in [3.05, 3.63) is 46.2 Å². The molecule has 1 heterocycles. The first-order valence-corrected chi connectivity index (χ1v) is 4.92. The molecule has 3 nitrogen and oxygen atoms in total. The second kappa shape index (κ2) is 3.87. The highest BCUT2D eigenvalue weighted by Crippen LogP contribution is 2.13. The third-order valence-corrected chi connectivity index (χ3v) is 2.59. The van der Waals surface area contributed by atoms with E-state index in [0.717, 1.165) is 16.5 Å². The smallest absolute Gasteiger partial charge is 0.250 e. The molecule has 0 spiro atoms. The normalized spacial score (nSPS) is 10.8. The summed E-state index contributed by atoms with van der Waals surface area (Å²) in [4.78, 5) is 11.4. The van der Waals surface area contributed by atoms with Crippen molar-refractivity contribution in [2.75, 3.05) is 6.61 Å². The maximum absolute atomic E-state index is 11.4. The first-order valence-electron chi connectivity index (χ1n) is 4.92. The van der Waals surface area contributed by atoms with Crippen LogP contribution in [0.4, 0.5) is 0 Å². The van der Waals surface area contributed by atoms with Crippen LogP contribution in [0.5, 0.6) is 0 Å². The van der Waals surface area contributed by atoms with E-state index in [2.05, 4.69) is 0 Å². The van der Waals surface area contributed by atoms with Crippen LogP contribution in [0.2, 0.25) is 0 Å².